The van der Waals surface area contributed by atoms with Crippen molar-refractivity contribution < 1.29 is 9.13 Å². The number of halogens is 2. The van der Waals surface area contributed by atoms with E-state index in [1.54, 1.807) is 19.2 Å². The molecule has 1 fully saturated rings. The number of ether oxygens (including phenoxy) is 1. The standard InChI is InChI=1S/C15H20BrFO/c1-18-15-9-7-12(17)10-13(15)14(16)8-6-11-4-2-3-5-11/h7,9-11,14H,2-6,8H2,1H3. The average Bonchev–Trinajstić information content (AvgIpc) is 2.89. The second-order valence-electron chi connectivity index (χ2n) is 5.08. The lowest BCUT2D eigenvalue weighted by Gasteiger charge is -2.16. The lowest BCUT2D eigenvalue weighted by atomic mass is 9.98. The van der Waals surface area contributed by atoms with Gasteiger partial charge in [-0.2, -0.15) is 0 Å². The van der Waals surface area contributed by atoms with Gasteiger partial charge < -0.3 is 4.74 Å². The van der Waals surface area contributed by atoms with Crippen molar-refractivity contribution in [2.75, 3.05) is 7.11 Å². The van der Waals surface area contributed by atoms with Gasteiger partial charge in [-0.05, 0) is 37.0 Å². The summed E-state index contributed by atoms with van der Waals surface area (Å²) in [5, 5.41) is 0. The van der Waals surface area contributed by atoms with Gasteiger partial charge in [0, 0.05) is 10.4 Å². The summed E-state index contributed by atoms with van der Waals surface area (Å²) in [7, 11) is 1.63. The molecule has 2 rings (SSSR count). The van der Waals surface area contributed by atoms with Crippen molar-refractivity contribution in [1.29, 1.82) is 0 Å². The first-order valence-corrected chi connectivity index (χ1v) is 7.59. The van der Waals surface area contributed by atoms with Gasteiger partial charge in [0.1, 0.15) is 11.6 Å². The van der Waals surface area contributed by atoms with Crippen molar-refractivity contribution >= 4 is 15.9 Å². The van der Waals surface area contributed by atoms with Gasteiger partial charge >= 0.3 is 0 Å². The van der Waals surface area contributed by atoms with Crippen molar-refractivity contribution in [2.45, 2.75) is 43.4 Å². The molecule has 1 unspecified atom stereocenters. The molecule has 18 heavy (non-hydrogen) atoms. The fourth-order valence-electron chi connectivity index (χ4n) is 2.79. The van der Waals surface area contributed by atoms with E-state index >= 15 is 0 Å². The first kappa shape index (κ1) is 13.9. The van der Waals surface area contributed by atoms with E-state index < -0.39 is 0 Å². The lowest BCUT2D eigenvalue weighted by molar-refractivity contribution is 0.405. The molecule has 0 heterocycles. The van der Waals surface area contributed by atoms with Gasteiger partial charge in [-0.1, -0.05) is 41.6 Å². The van der Waals surface area contributed by atoms with E-state index in [1.165, 1.54) is 38.2 Å². The smallest absolute Gasteiger partial charge is 0.123 e. The summed E-state index contributed by atoms with van der Waals surface area (Å²) in [4.78, 5) is 0.184. The molecule has 100 valence electrons. The van der Waals surface area contributed by atoms with Crippen LogP contribution in [0, 0.1) is 11.7 Å². The Morgan fingerprint density at radius 1 is 1.39 bits per heavy atom. The molecule has 1 aromatic rings. The van der Waals surface area contributed by atoms with Crippen LogP contribution >= 0.6 is 15.9 Å². The minimum Gasteiger partial charge on any atom is -0.496 e. The van der Waals surface area contributed by atoms with Crippen molar-refractivity contribution in [3.8, 4) is 5.75 Å². The molecule has 0 amide bonds. The van der Waals surface area contributed by atoms with Gasteiger partial charge in [0.25, 0.3) is 0 Å². The molecular weight excluding hydrogens is 295 g/mol. The molecule has 0 bridgehead atoms. The summed E-state index contributed by atoms with van der Waals surface area (Å²) < 4.78 is 18.6. The molecule has 0 aliphatic heterocycles. The summed E-state index contributed by atoms with van der Waals surface area (Å²) in [6, 6.07) is 4.72. The van der Waals surface area contributed by atoms with E-state index in [2.05, 4.69) is 15.9 Å². The Balaban J connectivity index is 1.98. The van der Waals surface area contributed by atoms with Crippen LogP contribution in [0.4, 0.5) is 4.39 Å². The van der Waals surface area contributed by atoms with Crippen LogP contribution in [0.1, 0.15) is 48.9 Å². The zero-order valence-corrected chi connectivity index (χ0v) is 12.4. The first-order valence-electron chi connectivity index (χ1n) is 6.68. The van der Waals surface area contributed by atoms with E-state index in [9.17, 15) is 4.39 Å². The largest absolute Gasteiger partial charge is 0.496 e. The summed E-state index contributed by atoms with van der Waals surface area (Å²) in [5.41, 5.74) is 0.926. The van der Waals surface area contributed by atoms with Crippen LogP contribution in [0.5, 0.6) is 5.75 Å². The normalized spacial score (nSPS) is 17.9. The molecule has 0 aromatic heterocycles. The Kier molecular flexibility index (Phi) is 5.04. The molecule has 0 N–H and O–H groups in total. The van der Waals surface area contributed by atoms with Crippen LogP contribution in [-0.2, 0) is 0 Å². The number of benzene rings is 1. The highest BCUT2D eigenvalue weighted by Crippen LogP contribution is 2.38. The molecule has 0 radical (unpaired) electrons. The number of alkyl halides is 1. The Morgan fingerprint density at radius 2 is 2.11 bits per heavy atom. The van der Waals surface area contributed by atoms with E-state index in [-0.39, 0.29) is 10.6 Å². The van der Waals surface area contributed by atoms with Crippen LogP contribution < -0.4 is 4.74 Å². The molecule has 1 aliphatic carbocycles. The third-order valence-electron chi connectivity index (χ3n) is 3.83. The number of methoxy groups -OCH3 is 1. The summed E-state index contributed by atoms with van der Waals surface area (Å²) in [6.45, 7) is 0. The average molecular weight is 315 g/mol. The summed E-state index contributed by atoms with van der Waals surface area (Å²) >= 11 is 3.67. The second kappa shape index (κ2) is 6.55. The Morgan fingerprint density at radius 3 is 2.78 bits per heavy atom. The van der Waals surface area contributed by atoms with Crippen LogP contribution in [0.15, 0.2) is 18.2 Å². The maximum Gasteiger partial charge on any atom is 0.123 e. The minimum atomic E-state index is -0.198. The zero-order chi connectivity index (χ0) is 13.0. The van der Waals surface area contributed by atoms with Gasteiger partial charge in [0.05, 0.1) is 7.11 Å². The van der Waals surface area contributed by atoms with Gasteiger partial charge in [0.2, 0.25) is 0 Å². The highest BCUT2D eigenvalue weighted by atomic mass is 79.9. The Bertz CT molecular complexity index is 388. The fourth-order valence-corrected chi connectivity index (χ4v) is 3.41. The molecular formula is C15H20BrFO. The Hall–Kier alpha value is -0.570. The topological polar surface area (TPSA) is 9.23 Å². The molecule has 1 saturated carbocycles. The number of hydrogen-bond acceptors (Lipinski definition) is 1. The minimum absolute atomic E-state index is 0.184. The van der Waals surface area contributed by atoms with Gasteiger partial charge in [-0.25, -0.2) is 4.39 Å². The van der Waals surface area contributed by atoms with E-state index in [1.807, 2.05) is 0 Å². The van der Waals surface area contributed by atoms with E-state index in [0.29, 0.717) is 0 Å². The van der Waals surface area contributed by atoms with Crippen molar-refractivity contribution in [3.05, 3.63) is 29.6 Å². The van der Waals surface area contributed by atoms with Crippen molar-refractivity contribution in [1.82, 2.24) is 0 Å². The predicted octanol–water partition coefficient (Wildman–Crippen LogP) is 5.24. The molecule has 3 heteroatoms. The predicted molar refractivity (Wildman–Crippen MR) is 75.8 cm³/mol. The lowest BCUT2D eigenvalue weighted by Crippen LogP contribution is -2.00. The van der Waals surface area contributed by atoms with Crippen LogP contribution in [0.2, 0.25) is 0 Å². The highest BCUT2D eigenvalue weighted by molar-refractivity contribution is 9.09. The fraction of sp³-hybridized carbons (Fsp3) is 0.600. The molecule has 1 nitrogen and oxygen atoms in total. The van der Waals surface area contributed by atoms with Crippen LogP contribution in [0.25, 0.3) is 0 Å². The summed E-state index contributed by atoms with van der Waals surface area (Å²) in [6.07, 6.45) is 7.74. The maximum absolute atomic E-state index is 13.3. The van der Waals surface area contributed by atoms with Gasteiger partial charge in [0.15, 0.2) is 0 Å². The molecule has 0 saturated heterocycles. The van der Waals surface area contributed by atoms with Gasteiger partial charge in [-0.15, -0.1) is 0 Å². The molecule has 0 spiro atoms. The SMILES string of the molecule is COc1ccc(F)cc1C(Br)CCC1CCCC1. The third-order valence-corrected chi connectivity index (χ3v) is 4.78. The van der Waals surface area contributed by atoms with E-state index in [4.69, 9.17) is 4.74 Å². The van der Waals surface area contributed by atoms with Crippen LogP contribution in [-0.4, -0.2) is 7.11 Å². The monoisotopic (exact) mass is 314 g/mol. The Labute approximate surface area is 117 Å². The summed E-state index contributed by atoms with van der Waals surface area (Å²) in [5.74, 6) is 1.44. The first-order chi connectivity index (χ1) is 8.70. The molecule has 1 aliphatic rings. The van der Waals surface area contributed by atoms with Crippen molar-refractivity contribution in [3.63, 3.8) is 0 Å². The number of rotatable bonds is 5. The van der Waals surface area contributed by atoms with Crippen LogP contribution in [0.3, 0.4) is 0 Å². The maximum atomic E-state index is 13.3. The quantitative estimate of drug-likeness (QED) is 0.675. The molecule has 1 atom stereocenters. The molecule has 1 aromatic carbocycles. The van der Waals surface area contributed by atoms with Gasteiger partial charge in [-0.3, -0.25) is 0 Å². The zero-order valence-electron chi connectivity index (χ0n) is 10.8. The second-order valence-corrected chi connectivity index (χ2v) is 6.19. The number of hydrogen-bond donors (Lipinski definition) is 0. The highest BCUT2D eigenvalue weighted by Gasteiger charge is 2.19. The van der Waals surface area contributed by atoms with Crippen molar-refractivity contribution in [2.24, 2.45) is 5.92 Å². The van der Waals surface area contributed by atoms with E-state index in [0.717, 1.165) is 23.7 Å². The third kappa shape index (κ3) is 3.47.